The Bertz CT molecular complexity index is 697. The van der Waals surface area contributed by atoms with Crippen molar-refractivity contribution in [1.82, 2.24) is 10.2 Å². The van der Waals surface area contributed by atoms with Gasteiger partial charge in [-0.2, -0.15) is 5.26 Å². The standard InChI is InChI=1S/C19H26N4O.ClH/c1-13-11-22(8-7-21-13)14(2)18(24)23-12-19(3,4)16-6-5-15(10-20)9-17(16)23;/h5-6,9,13-14,21H,7-8,11-12H2,1-4H3;1H/t13-,14+;/m1./s1. The fourth-order valence-corrected chi connectivity index (χ4v) is 3.85. The molecule has 2 aliphatic heterocycles. The van der Waals surface area contributed by atoms with E-state index in [9.17, 15) is 10.1 Å². The van der Waals surface area contributed by atoms with Gasteiger partial charge in [0.2, 0.25) is 5.91 Å². The van der Waals surface area contributed by atoms with Gasteiger partial charge in [0.05, 0.1) is 17.7 Å². The highest BCUT2D eigenvalue weighted by atomic mass is 35.5. The van der Waals surface area contributed by atoms with Gasteiger partial charge in [0.25, 0.3) is 0 Å². The quantitative estimate of drug-likeness (QED) is 0.876. The third-order valence-corrected chi connectivity index (χ3v) is 5.27. The van der Waals surface area contributed by atoms with E-state index in [2.05, 4.69) is 37.1 Å². The Morgan fingerprint density at radius 3 is 2.80 bits per heavy atom. The molecule has 1 amide bonds. The lowest BCUT2D eigenvalue weighted by Gasteiger charge is -2.37. The molecular weight excluding hydrogens is 336 g/mol. The van der Waals surface area contributed by atoms with Crippen LogP contribution < -0.4 is 10.2 Å². The number of piperazine rings is 1. The second-order valence-corrected chi connectivity index (χ2v) is 7.68. The Kier molecular flexibility index (Phi) is 5.78. The zero-order valence-electron chi connectivity index (χ0n) is 15.4. The van der Waals surface area contributed by atoms with Crippen LogP contribution >= 0.6 is 12.4 Å². The van der Waals surface area contributed by atoms with Crippen molar-refractivity contribution in [3.05, 3.63) is 29.3 Å². The fraction of sp³-hybridized carbons (Fsp3) is 0.579. The second kappa shape index (κ2) is 7.33. The lowest BCUT2D eigenvalue weighted by molar-refractivity contribution is -0.123. The van der Waals surface area contributed by atoms with E-state index in [0.29, 0.717) is 18.2 Å². The zero-order chi connectivity index (χ0) is 17.5. The number of halogens is 1. The maximum Gasteiger partial charge on any atom is 0.244 e. The third-order valence-electron chi connectivity index (χ3n) is 5.27. The number of nitrogens with zero attached hydrogens (tertiary/aromatic N) is 3. The van der Waals surface area contributed by atoms with Gasteiger partial charge in [0.1, 0.15) is 0 Å². The molecule has 0 saturated carbocycles. The van der Waals surface area contributed by atoms with Crippen molar-refractivity contribution < 1.29 is 4.79 Å². The van der Waals surface area contributed by atoms with Crippen LogP contribution in [0, 0.1) is 11.3 Å². The van der Waals surface area contributed by atoms with Crippen molar-refractivity contribution in [3.8, 4) is 6.07 Å². The number of hydrogen-bond donors (Lipinski definition) is 1. The molecule has 2 aliphatic rings. The van der Waals surface area contributed by atoms with E-state index in [1.54, 1.807) is 0 Å². The predicted molar refractivity (Wildman–Crippen MR) is 102 cm³/mol. The first-order valence-corrected chi connectivity index (χ1v) is 8.67. The van der Waals surface area contributed by atoms with Gasteiger partial charge in [-0.15, -0.1) is 12.4 Å². The molecule has 2 heterocycles. The molecule has 1 N–H and O–H groups in total. The summed E-state index contributed by atoms with van der Waals surface area (Å²) in [4.78, 5) is 17.3. The number of carbonyl (C=O) groups excluding carboxylic acids is 1. The lowest BCUT2D eigenvalue weighted by atomic mass is 9.87. The first kappa shape index (κ1) is 19.7. The Hall–Kier alpha value is -1.61. The number of fused-ring (bicyclic) bond motifs is 1. The summed E-state index contributed by atoms with van der Waals surface area (Å²) in [5, 5.41) is 12.6. The summed E-state index contributed by atoms with van der Waals surface area (Å²) >= 11 is 0. The summed E-state index contributed by atoms with van der Waals surface area (Å²) < 4.78 is 0. The van der Waals surface area contributed by atoms with Crippen LogP contribution in [-0.2, 0) is 10.2 Å². The Labute approximate surface area is 156 Å². The number of benzene rings is 1. The van der Waals surface area contributed by atoms with Gasteiger partial charge in [-0.25, -0.2) is 0 Å². The minimum Gasteiger partial charge on any atom is -0.312 e. The monoisotopic (exact) mass is 362 g/mol. The van der Waals surface area contributed by atoms with E-state index in [-0.39, 0.29) is 29.8 Å². The van der Waals surface area contributed by atoms with Crippen LogP contribution in [0.5, 0.6) is 0 Å². The Morgan fingerprint density at radius 2 is 2.16 bits per heavy atom. The molecule has 0 radical (unpaired) electrons. The van der Waals surface area contributed by atoms with Crippen molar-refractivity contribution in [2.75, 3.05) is 31.1 Å². The summed E-state index contributed by atoms with van der Waals surface area (Å²) in [6, 6.07) is 8.14. The minimum absolute atomic E-state index is 0. The van der Waals surface area contributed by atoms with Crippen LogP contribution in [0.1, 0.15) is 38.8 Å². The first-order valence-electron chi connectivity index (χ1n) is 8.67. The summed E-state index contributed by atoms with van der Waals surface area (Å²) in [7, 11) is 0. The predicted octanol–water partition coefficient (Wildman–Crippen LogP) is 2.29. The molecule has 1 fully saturated rings. The van der Waals surface area contributed by atoms with Gasteiger partial charge in [0, 0.05) is 43.3 Å². The van der Waals surface area contributed by atoms with E-state index in [1.165, 1.54) is 0 Å². The SMILES string of the molecule is C[C@@H]1CN([C@@H](C)C(=O)N2CC(C)(C)c3ccc(C#N)cc32)CCN1.Cl. The molecule has 136 valence electrons. The highest BCUT2D eigenvalue weighted by Gasteiger charge is 2.40. The van der Waals surface area contributed by atoms with Gasteiger partial charge in [-0.05, 0) is 31.5 Å². The van der Waals surface area contributed by atoms with Crippen LogP contribution in [0.4, 0.5) is 5.69 Å². The van der Waals surface area contributed by atoms with Crippen molar-refractivity contribution in [2.45, 2.75) is 45.2 Å². The summed E-state index contributed by atoms with van der Waals surface area (Å²) in [6.45, 7) is 11.8. The number of nitrogens with one attached hydrogen (secondary N) is 1. The molecule has 0 spiro atoms. The number of hydrogen-bond acceptors (Lipinski definition) is 4. The van der Waals surface area contributed by atoms with Crippen molar-refractivity contribution in [3.63, 3.8) is 0 Å². The van der Waals surface area contributed by atoms with Gasteiger partial charge >= 0.3 is 0 Å². The van der Waals surface area contributed by atoms with Crippen molar-refractivity contribution in [2.24, 2.45) is 0 Å². The lowest BCUT2D eigenvalue weighted by Crippen LogP contribution is -2.56. The molecule has 0 bridgehead atoms. The zero-order valence-corrected chi connectivity index (χ0v) is 16.2. The van der Waals surface area contributed by atoms with Gasteiger partial charge in [-0.1, -0.05) is 19.9 Å². The largest absolute Gasteiger partial charge is 0.312 e. The molecule has 1 aromatic carbocycles. The Morgan fingerprint density at radius 1 is 1.44 bits per heavy atom. The fourth-order valence-electron chi connectivity index (χ4n) is 3.85. The van der Waals surface area contributed by atoms with Crippen LogP contribution in [0.15, 0.2) is 18.2 Å². The number of amides is 1. The van der Waals surface area contributed by atoms with Crippen molar-refractivity contribution in [1.29, 1.82) is 5.26 Å². The molecular formula is C19H27ClN4O. The van der Waals surface area contributed by atoms with Crippen LogP contribution in [0.3, 0.4) is 0 Å². The maximum atomic E-state index is 13.2. The molecule has 25 heavy (non-hydrogen) atoms. The second-order valence-electron chi connectivity index (χ2n) is 7.68. The van der Waals surface area contributed by atoms with Gasteiger partial charge < -0.3 is 10.2 Å². The highest BCUT2D eigenvalue weighted by molar-refractivity contribution is 5.99. The molecule has 0 aliphatic carbocycles. The highest BCUT2D eigenvalue weighted by Crippen LogP contribution is 2.41. The summed E-state index contributed by atoms with van der Waals surface area (Å²) in [5.74, 6) is 0.131. The molecule has 1 aromatic rings. The number of nitriles is 1. The van der Waals surface area contributed by atoms with E-state index in [4.69, 9.17) is 0 Å². The molecule has 0 unspecified atom stereocenters. The number of anilines is 1. The average molecular weight is 363 g/mol. The third kappa shape index (κ3) is 3.67. The number of carbonyl (C=O) groups is 1. The van der Waals surface area contributed by atoms with Crippen molar-refractivity contribution >= 4 is 24.0 Å². The molecule has 5 nitrogen and oxygen atoms in total. The molecule has 0 aromatic heterocycles. The summed E-state index contributed by atoms with van der Waals surface area (Å²) in [5.41, 5.74) is 2.57. The van der Waals surface area contributed by atoms with Crippen LogP contribution in [0.2, 0.25) is 0 Å². The van der Waals surface area contributed by atoms with Crippen LogP contribution in [-0.4, -0.2) is 49.1 Å². The van der Waals surface area contributed by atoms with Gasteiger partial charge in [0.15, 0.2) is 0 Å². The van der Waals surface area contributed by atoms with E-state index < -0.39 is 0 Å². The topological polar surface area (TPSA) is 59.4 Å². The van der Waals surface area contributed by atoms with E-state index >= 15 is 0 Å². The summed E-state index contributed by atoms with van der Waals surface area (Å²) in [6.07, 6.45) is 0. The molecule has 1 saturated heterocycles. The maximum absolute atomic E-state index is 13.2. The van der Waals surface area contributed by atoms with E-state index in [0.717, 1.165) is 30.9 Å². The van der Waals surface area contributed by atoms with Crippen LogP contribution in [0.25, 0.3) is 0 Å². The molecule has 2 atom stereocenters. The number of rotatable bonds is 2. The normalized spacial score (nSPS) is 23.3. The smallest absolute Gasteiger partial charge is 0.244 e. The minimum atomic E-state index is -0.151. The molecule has 3 rings (SSSR count). The average Bonchev–Trinajstić information content (AvgIpc) is 2.84. The van der Waals surface area contributed by atoms with Gasteiger partial charge in [-0.3, -0.25) is 9.69 Å². The first-order chi connectivity index (χ1) is 11.3. The Balaban J connectivity index is 0.00000225. The van der Waals surface area contributed by atoms with E-state index in [1.807, 2.05) is 30.0 Å². The molecule has 6 heteroatoms.